The Bertz CT molecular complexity index is 1200. The number of rotatable bonds is 9. The summed E-state index contributed by atoms with van der Waals surface area (Å²) in [5.41, 5.74) is 6.20. The fraction of sp³-hybridized carbons (Fsp3) is 0.217. The average molecular weight is 465 g/mol. The minimum absolute atomic E-state index is 0.0848. The summed E-state index contributed by atoms with van der Waals surface area (Å²) in [5.74, 6) is -0.947. The third kappa shape index (κ3) is 5.33. The first-order chi connectivity index (χ1) is 16.5. The lowest BCUT2D eigenvalue weighted by atomic mass is 10.2. The zero-order chi connectivity index (χ0) is 23.9. The van der Waals surface area contributed by atoms with E-state index in [9.17, 15) is 14.4 Å². The monoisotopic (exact) mass is 465 g/mol. The molecule has 34 heavy (non-hydrogen) atoms. The number of fused-ring (bicyclic) bond motifs is 1. The molecule has 1 aliphatic rings. The van der Waals surface area contributed by atoms with Crippen LogP contribution in [0, 0.1) is 0 Å². The Labute approximate surface area is 194 Å². The summed E-state index contributed by atoms with van der Waals surface area (Å²) in [6.45, 7) is 0.302. The zero-order valence-corrected chi connectivity index (χ0v) is 18.1. The Balaban J connectivity index is 1.41. The molecule has 0 fully saturated rings. The van der Waals surface area contributed by atoms with Gasteiger partial charge in [-0.3, -0.25) is 14.7 Å². The fourth-order valence-corrected chi connectivity index (χ4v) is 3.25. The molecule has 4 rings (SSSR count). The number of aromatic nitrogens is 2. The standard InChI is InChI=1S/C23H23N5O6/c24-22-26-18-17(19(29)27-22)25-14-28(18)23(34-21(31)16-10-5-2-6-11-16)33-13-7-12-32-20(30)15-8-3-1-4-9-15/h1-6,8-11,23,25H,7,12-14H2,(H3,24,26,27,29). The second-order valence-electron chi connectivity index (χ2n) is 7.26. The minimum Gasteiger partial charge on any atom is -0.462 e. The molecule has 0 radical (unpaired) electrons. The summed E-state index contributed by atoms with van der Waals surface area (Å²) in [4.78, 5) is 44.9. The molecule has 0 saturated carbocycles. The smallest absolute Gasteiger partial charge is 0.341 e. The SMILES string of the molecule is Nc1nc2c(c(=O)[nH]1)NCN2C(OCCCOC(=O)c1ccccc1)OC(=O)c1ccccc1. The van der Waals surface area contributed by atoms with Crippen LogP contribution in [-0.4, -0.2) is 48.2 Å². The summed E-state index contributed by atoms with van der Waals surface area (Å²) >= 11 is 0. The number of hydrogen-bond acceptors (Lipinski definition) is 10. The van der Waals surface area contributed by atoms with Gasteiger partial charge in [0.15, 0.2) is 5.82 Å². The van der Waals surface area contributed by atoms with E-state index in [1.165, 1.54) is 4.90 Å². The Morgan fingerprint density at radius 1 is 1.00 bits per heavy atom. The van der Waals surface area contributed by atoms with E-state index in [-0.39, 0.29) is 37.3 Å². The molecule has 2 aromatic carbocycles. The Kier molecular flexibility index (Phi) is 7.04. The van der Waals surface area contributed by atoms with Gasteiger partial charge in [-0.05, 0) is 24.3 Å². The zero-order valence-electron chi connectivity index (χ0n) is 18.1. The van der Waals surface area contributed by atoms with Gasteiger partial charge in [0.1, 0.15) is 5.69 Å². The van der Waals surface area contributed by atoms with Crippen molar-refractivity contribution in [2.45, 2.75) is 12.8 Å². The molecule has 0 saturated heterocycles. The molecule has 1 atom stereocenters. The topological polar surface area (TPSA) is 149 Å². The molecule has 0 bridgehead atoms. The molecule has 11 heteroatoms. The summed E-state index contributed by atoms with van der Waals surface area (Å²) in [6.07, 6.45) is -0.864. The summed E-state index contributed by atoms with van der Waals surface area (Å²) in [7, 11) is 0. The van der Waals surface area contributed by atoms with Gasteiger partial charge in [-0.15, -0.1) is 0 Å². The highest BCUT2D eigenvalue weighted by Crippen LogP contribution is 2.28. The Morgan fingerprint density at radius 3 is 2.32 bits per heavy atom. The van der Waals surface area contributed by atoms with Gasteiger partial charge in [-0.1, -0.05) is 36.4 Å². The van der Waals surface area contributed by atoms with Crippen LogP contribution >= 0.6 is 0 Å². The molecule has 0 aliphatic carbocycles. The molecule has 1 aromatic heterocycles. The molecule has 176 valence electrons. The minimum atomic E-state index is -1.21. The predicted molar refractivity (Wildman–Crippen MR) is 123 cm³/mol. The third-order valence-electron chi connectivity index (χ3n) is 4.88. The molecule has 2 heterocycles. The van der Waals surface area contributed by atoms with Gasteiger partial charge in [0.2, 0.25) is 5.95 Å². The highest BCUT2D eigenvalue weighted by Gasteiger charge is 2.33. The molecular formula is C23H23N5O6. The van der Waals surface area contributed by atoms with Crippen molar-refractivity contribution >= 4 is 29.4 Å². The first-order valence-electron chi connectivity index (χ1n) is 10.5. The molecular weight excluding hydrogens is 442 g/mol. The maximum Gasteiger partial charge on any atom is 0.341 e. The van der Waals surface area contributed by atoms with E-state index in [0.29, 0.717) is 17.5 Å². The number of esters is 2. The number of nitrogens with two attached hydrogens (primary N) is 1. The number of nitrogens with one attached hydrogen (secondary N) is 2. The quantitative estimate of drug-likeness (QED) is 0.243. The first kappa shape index (κ1) is 22.8. The summed E-state index contributed by atoms with van der Waals surface area (Å²) < 4.78 is 16.6. The number of hydrogen-bond donors (Lipinski definition) is 3. The van der Waals surface area contributed by atoms with Gasteiger partial charge in [-0.2, -0.15) is 4.98 Å². The predicted octanol–water partition coefficient (Wildman–Crippen LogP) is 1.95. The Morgan fingerprint density at radius 2 is 1.65 bits per heavy atom. The third-order valence-corrected chi connectivity index (χ3v) is 4.88. The molecule has 0 amide bonds. The van der Waals surface area contributed by atoms with Crippen molar-refractivity contribution in [3.63, 3.8) is 0 Å². The number of anilines is 3. The van der Waals surface area contributed by atoms with Crippen LogP contribution in [0.25, 0.3) is 0 Å². The van der Waals surface area contributed by atoms with Gasteiger partial charge < -0.3 is 25.3 Å². The van der Waals surface area contributed by atoms with E-state index in [1.54, 1.807) is 54.6 Å². The second kappa shape index (κ2) is 10.5. The lowest BCUT2D eigenvalue weighted by Crippen LogP contribution is -2.41. The maximum atomic E-state index is 12.7. The average Bonchev–Trinajstić information content (AvgIpc) is 3.28. The number of carbonyl (C=O) groups is 2. The summed E-state index contributed by atoms with van der Waals surface area (Å²) in [5, 5.41) is 2.90. The van der Waals surface area contributed by atoms with Crippen molar-refractivity contribution in [2.24, 2.45) is 0 Å². The second-order valence-corrected chi connectivity index (χ2v) is 7.26. The van der Waals surface area contributed by atoms with Crippen molar-refractivity contribution in [1.82, 2.24) is 9.97 Å². The first-order valence-corrected chi connectivity index (χ1v) is 10.5. The normalized spacial score (nSPS) is 13.0. The molecule has 1 unspecified atom stereocenters. The van der Waals surface area contributed by atoms with Gasteiger partial charge in [0, 0.05) is 6.42 Å². The van der Waals surface area contributed by atoms with Crippen LogP contribution in [0.1, 0.15) is 27.1 Å². The fourth-order valence-electron chi connectivity index (χ4n) is 3.25. The number of carbonyl (C=O) groups excluding carboxylic acids is 2. The van der Waals surface area contributed by atoms with E-state index >= 15 is 0 Å². The van der Waals surface area contributed by atoms with Crippen LogP contribution in [0.2, 0.25) is 0 Å². The highest BCUT2D eigenvalue weighted by molar-refractivity contribution is 5.90. The van der Waals surface area contributed by atoms with E-state index in [0.717, 1.165) is 0 Å². The van der Waals surface area contributed by atoms with Crippen LogP contribution in [0.4, 0.5) is 17.5 Å². The number of ether oxygens (including phenoxy) is 3. The van der Waals surface area contributed by atoms with Gasteiger partial charge in [0.05, 0.1) is 31.0 Å². The molecule has 4 N–H and O–H groups in total. The van der Waals surface area contributed by atoms with Crippen molar-refractivity contribution < 1.29 is 23.8 Å². The van der Waals surface area contributed by atoms with Crippen molar-refractivity contribution in [3.05, 3.63) is 82.1 Å². The summed E-state index contributed by atoms with van der Waals surface area (Å²) in [6, 6.07) is 17.1. The number of aromatic amines is 1. The Hall–Kier alpha value is -4.38. The lowest BCUT2D eigenvalue weighted by Gasteiger charge is -2.27. The number of nitrogen functional groups attached to an aromatic ring is 1. The maximum absolute atomic E-state index is 12.7. The van der Waals surface area contributed by atoms with Crippen molar-refractivity contribution in [2.75, 3.05) is 35.8 Å². The van der Waals surface area contributed by atoms with Crippen LogP contribution in [0.3, 0.4) is 0 Å². The molecule has 11 nitrogen and oxygen atoms in total. The van der Waals surface area contributed by atoms with Crippen molar-refractivity contribution in [1.29, 1.82) is 0 Å². The molecule has 1 aliphatic heterocycles. The van der Waals surface area contributed by atoms with E-state index < -0.39 is 23.9 Å². The lowest BCUT2D eigenvalue weighted by molar-refractivity contribution is -0.111. The molecule has 3 aromatic rings. The number of H-pyrrole nitrogens is 1. The van der Waals surface area contributed by atoms with Crippen LogP contribution < -0.4 is 21.5 Å². The largest absolute Gasteiger partial charge is 0.462 e. The van der Waals surface area contributed by atoms with E-state index in [4.69, 9.17) is 19.9 Å². The number of nitrogens with zero attached hydrogens (tertiary/aromatic N) is 2. The highest BCUT2D eigenvalue weighted by atomic mass is 16.7. The molecule has 0 spiro atoms. The van der Waals surface area contributed by atoms with Crippen molar-refractivity contribution in [3.8, 4) is 0 Å². The van der Waals surface area contributed by atoms with E-state index in [1.807, 2.05) is 6.07 Å². The number of benzene rings is 2. The van der Waals surface area contributed by atoms with Gasteiger partial charge in [-0.25, -0.2) is 9.59 Å². The van der Waals surface area contributed by atoms with Gasteiger partial charge in [0.25, 0.3) is 12.0 Å². The van der Waals surface area contributed by atoms with Crippen LogP contribution in [0.15, 0.2) is 65.5 Å². The van der Waals surface area contributed by atoms with E-state index in [2.05, 4.69) is 15.3 Å². The van der Waals surface area contributed by atoms with Gasteiger partial charge >= 0.3 is 11.9 Å². The van der Waals surface area contributed by atoms with Crippen LogP contribution in [0.5, 0.6) is 0 Å². The van der Waals surface area contributed by atoms with Crippen LogP contribution in [-0.2, 0) is 14.2 Å².